The second kappa shape index (κ2) is 23.4. The SMILES string of the molecule is Cc1nc(-c2c(Cl)c3ccccc3n2-c2ccc(CNC(=O)C3(N)CC3)c(F)c2)no1.Cc1nc(-c2c(Cl)c3ccccc3n2-c2ccc(CNC(=O)C3(c4ncc(C(F)(F)F)cc4C(N)=O)CC3)c(F)c2)no1.O=C(CC(F)(F)F)NC1(C(=O)O)CC1. The van der Waals surface area contributed by atoms with Crippen molar-refractivity contribution in [2.75, 3.05) is 0 Å². The molecule has 0 saturated heterocycles. The second-order valence-electron chi connectivity index (χ2n) is 21.2. The number of halogens is 10. The van der Waals surface area contributed by atoms with Crippen LogP contribution in [-0.4, -0.2) is 86.4 Å². The van der Waals surface area contributed by atoms with E-state index in [1.54, 1.807) is 41.2 Å². The van der Waals surface area contributed by atoms with E-state index >= 15 is 4.39 Å². The van der Waals surface area contributed by atoms with Gasteiger partial charge in [-0.3, -0.25) is 24.2 Å². The molecule has 0 radical (unpaired) electrons. The van der Waals surface area contributed by atoms with Crippen LogP contribution in [0, 0.1) is 25.5 Å². The molecule has 0 spiro atoms. The van der Waals surface area contributed by atoms with Gasteiger partial charge in [-0.05, 0) is 81.0 Å². The number of aromatic nitrogens is 7. The Morgan fingerprint density at radius 2 is 1.16 bits per heavy atom. The zero-order valence-corrected chi connectivity index (χ0v) is 47.5. The summed E-state index contributed by atoms with van der Waals surface area (Å²) in [6.07, 6.45) is -8.27. The molecule has 0 atom stereocenters. The third kappa shape index (κ3) is 12.6. The van der Waals surface area contributed by atoms with Crippen LogP contribution in [0.25, 0.3) is 56.2 Å². The zero-order valence-electron chi connectivity index (χ0n) is 46.0. The van der Waals surface area contributed by atoms with Gasteiger partial charge in [-0.25, -0.2) is 13.6 Å². The summed E-state index contributed by atoms with van der Waals surface area (Å²) in [4.78, 5) is 70.9. The van der Waals surface area contributed by atoms with E-state index in [4.69, 9.17) is 48.8 Å². The number of primary amides is 1. The molecular weight excluding hydrogens is 1220 g/mol. The number of rotatable bonds is 15. The molecule has 4 aromatic carbocycles. The van der Waals surface area contributed by atoms with Gasteiger partial charge in [-0.1, -0.05) is 82.0 Å². The molecule has 4 amide bonds. The molecule has 30 heteroatoms. The monoisotopic (exact) mass is 1260 g/mol. The molecule has 0 unspecified atom stereocenters. The van der Waals surface area contributed by atoms with Gasteiger partial charge in [-0.15, -0.1) is 0 Å². The molecule has 3 aliphatic carbocycles. The Labute approximate surface area is 501 Å². The molecule has 5 aromatic heterocycles. The van der Waals surface area contributed by atoms with E-state index < -0.39 is 81.7 Å². The number of carboxylic acid groups (broad SMARTS) is 1. The highest BCUT2D eigenvalue weighted by molar-refractivity contribution is 6.39. The van der Waals surface area contributed by atoms with E-state index in [0.29, 0.717) is 92.0 Å². The number of nitrogens with two attached hydrogens (primary N) is 2. The van der Waals surface area contributed by atoms with Crippen LogP contribution in [0.4, 0.5) is 35.1 Å². The van der Waals surface area contributed by atoms with E-state index in [0.717, 1.165) is 10.9 Å². The number of carbonyl (C=O) groups is 5. The summed E-state index contributed by atoms with van der Waals surface area (Å²) >= 11 is 13.4. The Morgan fingerprint density at radius 3 is 1.55 bits per heavy atom. The number of amides is 4. The fourth-order valence-corrected chi connectivity index (χ4v) is 10.4. The maximum Gasteiger partial charge on any atom is 0.417 e. The molecule has 3 aliphatic rings. The van der Waals surface area contributed by atoms with Crippen LogP contribution >= 0.6 is 23.2 Å². The molecule has 0 aliphatic heterocycles. The minimum atomic E-state index is -4.75. The number of nitrogens with zero attached hydrogens (tertiary/aromatic N) is 7. The number of pyridine rings is 1. The molecule has 3 fully saturated rings. The quantitative estimate of drug-likeness (QED) is 0.0521. The first-order valence-corrected chi connectivity index (χ1v) is 27.4. The fourth-order valence-electron chi connectivity index (χ4n) is 9.72. The Morgan fingerprint density at radius 1 is 0.682 bits per heavy atom. The number of aliphatic carboxylic acids is 1. The van der Waals surface area contributed by atoms with Crippen LogP contribution in [0.5, 0.6) is 0 Å². The van der Waals surface area contributed by atoms with Gasteiger partial charge in [0, 0.05) is 66.4 Å². The van der Waals surface area contributed by atoms with Gasteiger partial charge in [0.1, 0.15) is 35.0 Å². The average Bonchev–Trinajstić information content (AvgIpc) is 1.65. The molecule has 0 bridgehead atoms. The minimum absolute atomic E-state index is 0.0635. The van der Waals surface area contributed by atoms with Gasteiger partial charge in [0.15, 0.2) is 0 Å². The molecule has 3 saturated carbocycles. The van der Waals surface area contributed by atoms with E-state index in [-0.39, 0.29) is 61.8 Å². The third-order valence-electron chi connectivity index (χ3n) is 14.8. The van der Waals surface area contributed by atoms with E-state index in [1.165, 1.54) is 18.2 Å². The zero-order chi connectivity index (χ0) is 63.4. The Balaban J connectivity index is 0.000000165. The highest BCUT2D eigenvalue weighted by Gasteiger charge is 2.55. The van der Waals surface area contributed by atoms with Crippen LogP contribution in [0.3, 0.4) is 0 Å². The van der Waals surface area contributed by atoms with Crippen molar-refractivity contribution in [3.8, 4) is 34.4 Å². The van der Waals surface area contributed by atoms with Crippen molar-refractivity contribution in [2.45, 2.75) is 101 Å². The van der Waals surface area contributed by atoms with Gasteiger partial charge >= 0.3 is 18.3 Å². The van der Waals surface area contributed by atoms with Gasteiger partial charge in [-0.2, -0.15) is 36.3 Å². The normalized spacial score (nSPS) is 15.1. The number of hydrogen-bond donors (Lipinski definition) is 6. The summed E-state index contributed by atoms with van der Waals surface area (Å²) in [5.41, 5.74) is 9.69. The standard InChI is InChI=1S/C29H21ClF4N6O3.C22H19ClFN5O2.C7H8F3NO3/c1-14-38-26(39-43-14)23-22(30)18-4-2-3-5-21(18)40(23)17-7-6-15(20(31)11-17)12-37-27(42)28(8-9-28)24-19(25(35)41)10-16(13-36-24)29(32,33)34;1-12-27-20(28-31-12)19-18(23)15-4-2-3-5-17(15)29(19)14-7-6-13(16(24)10-14)11-26-21(30)22(25)8-9-22;8-7(9,10)3-4(12)11-6(1-2-6)5(13)14/h2-7,10-11,13H,8-9,12H2,1H3,(H2,35,41)(H,37,42);2-7,10H,8-9,11,25H2,1H3,(H,26,30);1-3H2,(H,11,12)(H,13,14). The molecular formula is C58H48Cl2F8N12O8. The fraction of sp³-hybridized carbons (Fsp3) is 0.276. The Hall–Kier alpha value is -9.28. The molecule has 9 aromatic rings. The highest BCUT2D eigenvalue weighted by Crippen LogP contribution is 2.50. The van der Waals surface area contributed by atoms with Crippen LogP contribution < -0.4 is 27.4 Å². The number of para-hydroxylation sites is 2. The molecule has 20 nitrogen and oxygen atoms in total. The summed E-state index contributed by atoms with van der Waals surface area (Å²) in [6, 6.07) is 24.6. The van der Waals surface area contributed by atoms with Crippen LogP contribution in [-0.2, 0) is 43.9 Å². The lowest BCUT2D eigenvalue weighted by atomic mass is 9.94. The van der Waals surface area contributed by atoms with Crippen molar-refractivity contribution >= 4 is 74.6 Å². The maximum atomic E-state index is 15.5. The topological polar surface area (TPSA) is 294 Å². The molecule has 8 N–H and O–H groups in total. The van der Waals surface area contributed by atoms with E-state index in [9.17, 15) is 54.7 Å². The molecule has 88 heavy (non-hydrogen) atoms. The highest BCUT2D eigenvalue weighted by atomic mass is 35.5. The minimum Gasteiger partial charge on any atom is -0.480 e. The number of benzene rings is 4. The lowest BCUT2D eigenvalue weighted by molar-refractivity contribution is -0.157. The van der Waals surface area contributed by atoms with Gasteiger partial charge in [0.25, 0.3) is 5.91 Å². The Kier molecular flexibility index (Phi) is 16.5. The lowest BCUT2D eigenvalue weighted by Gasteiger charge is -2.19. The Bertz CT molecular complexity index is 4260. The molecule has 12 rings (SSSR count). The summed E-state index contributed by atoms with van der Waals surface area (Å²) in [5.74, 6) is -4.42. The lowest BCUT2D eigenvalue weighted by Crippen LogP contribution is -2.44. The summed E-state index contributed by atoms with van der Waals surface area (Å²) in [5, 5.41) is 26.0. The van der Waals surface area contributed by atoms with E-state index in [2.05, 4.69) is 35.9 Å². The van der Waals surface area contributed by atoms with Crippen molar-refractivity contribution in [1.82, 2.24) is 50.3 Å². The maximum absolute atomic E-state index is 15.5. The first-order valence-electron chi connectivity index (χ1n) is 26.6. The molecule has 458 valence electrons. The second-order valence-corrected chi connectivity index (χ2v) is 21.9. The number of hydrogen-bond acceptors (Lipinski definition) is 13. The number of carbonyl (C=O) groups excluding carboxylic acids is 4. The summed E-state index contributed by atoms with van der Waals surface area (Å²) in [7, 11) is 0. The van der Waals surface area contributed by atoms with Crippen molar-refractivity contribution in [3.63, 3.8) is 0 Å². The first kappa shape index (κ1) is 61.8. The van der Waals surface area contributed by atoms with Crippen molar-refractivity contribution in [1.29, 1.82) is 0 Å². The number of alkyl halides is 6. The largest absolute Gasteiger partial charge is 0.480 e. The first-order chi connectivity index (χ1) is 41.5. The van der Waals surface area contributed by atoms with Crippen LogP contribution in [0.2, 0.25) is 10.0 Å². The van der Waals surface area contributed by atoms with Crippen molar-refractivity contribution in [3.05, 3.63) is 159 Å². The summed E-state index contributed by atoms with van der Waals surface area (Å²) < 4.78 is 119. The number of fused-ring (bicyclic) bond motifs is 2. The van der Waals surface area contributed by atoms with Crippen LogP contribution in [0.1, 0.15) is 89.5 Å². The smallest absolute Gasteiger partial charge is 0.417 e. The number of nitrogens with one attached hydrogen (secondary N) is 3. The predicted octanol–water partition coefficient (Wildman–Crippen LogP) is 10.2. The van der Waals surface area contributed by atoms with Gasteiger partial charge in [0.05, 0.1) is 48.9 Å². The van der Waals surface area contributed by atoms with E-state index in [1.807, 2.05) is 53.8 Å². The predicted molar refractivity (Wildman–Crippen MR) is 299 cm³/mol. The summed E-state index contributed by atoms with van der Waals surface area (Å²) in [6.45, 7) is 3.15. The van der Waals surface area contributed by atoms with Crippen molar-refractivity contribution < 1.29 is 73.2 Å². The van der Waals surface area contributed by atoms with Gasteiger partial charge in [0.2, 0.25) is 41.2 Å². The molecule has 5 heterocycles. The average molecular weight is 1260 g/mol. The number of aryl methyl sites for hydroxylation is 2. The third-order valence-corrected chi connectivity index (χ3v) is 15.6. The van der Waals surface area contributed by atoms with Crippen molar-refractivity contribution in [2.24, 2.45) is 11.5 Å². The van der Waals surface area contributed by atoms with Gasteiger partial charge < -0.3 is 50.7 Å². The van der Waals surface area contributed by atoms with Crippen LogP contribution in [0.15, 0.2) is 106 Å². The number of carboxylic acids is 1.